The maximum absolute atomic E-state index is 12.4. The molecule has 1 aromatic carbocycles. The zero-order valence-corrected chi connectivity index (χ0v) is 12.1. The van der Waals surface area contributed by atoms with Crippen molar-refractivity contribution in [2.24, 2.45) is 0 Å². The molecule has 0 aliphatic carbocycles. The van der Waals surface area contributed by atoms with Crippen LogP contribution < -0.4 is 5.32 Å². The number of nitrogens with zero attached hydrogens (tertiary/aromatic N) is 1. The summed E-state index contributed by atoms with van der Waals surface area (Å²) in [4.78, 5) is 14.3. The smallest absolute Gasteiger partial charge is 0.253 e. The van der Waals surface area contributed by atoms with E-state index < -0.39 is 0 Å². The van der Waals surface area contributed by atoms with Gasteiger partial charge in [-0.3, -0.25) is 4.79 Å². The highest BCUT2D eigenvalue weighted by Crippen LogP contribution is 2.14. The molecule has 1 aliphatic rings. The minimum Gasteiger partial charge on any atom is -0.337 e. The van der Waals surface area contributed by atoms with E-state index in [4.69, 9.17) is 11.6 Å². The second kappa shape index (κ2) is 6.92. The van der Waals surface area contributed by atoms with Gasteiger partial charge in [0, 0.05) is 29.7 Å². The van der Waals surface area contributed by atoms with Crippen LogP contribution in [0, 0.1) is 0 Å². The molecule has 19 heavy (non-hydrogen) atoms. The van der Waals surface area contributed by atoms with Crippen LogP contribution in [0.25, 0.3) is 0 Å². The monoisotopic (exact) mass is 280 g/mol. The predicted molar refractivity (Wildman–Crippen MR) is 78.7 cm³/mol. The van der Waals surface area contributed by atoms with Gasteiger partial charge in [-0.05, 0) is 44.5 Å². The molecule has 3 nitrogen and oxygen atoms in total. The third kappa shape index (κ3) is 3.95. The quantitative estimate of drug-likeness (QED) is 0.920. The number of piperidine rings is 1. The summed E-state index contributed by atoms with van der Waals surface area (Å²) < 4.78 is 0. The zero-order valence-electron chi connectivity index (χ0n) is 11.4. The number of carbonyl (C=O) groups excluding carboxylic acids is 1. The van der Waals surface area contributed by atoms with E-state index in [0.717, 1.165) is 26.1 Å². The standard InChI is InChI=1S/C15H21ClN2O/c1-2-18(11-14-8-3-4-9-17-14)15(19)12-6-5-7-13(16)10-12/h5-7,10,14,17H,2-4,8-9,11H2,1H3. The van der Waals surface area contributed by atoms with Gasteiger partial charge in [0.25, 0.3) is 5.91 Å². The fourth-order valence-electron chi connectivity index (χ4n) is 2.51. The molecular formula is C15H21ClN2O. The Balaban J connectivity index is 2.02. The molecule has 1 fully saturated rings. The SMILES string of the molecule is CCN(CC1CCCCN1)C(=O)c1cccc(Cl)c1. The molecule has 104 valence electrons. The lowest BCUT2D eigenvalue weighted by molar-refractivity contribution is 0.0741. The van der Waals surface area contributed by atoms with Crippen molar-refractivity contribution in [3.8, 4) is 0 Å². The first-order chi connectivity index (χ1) is 9.20. The lowest BCUT2D eigenvalue weighted by Crippen LogP contribution is -2.45. The van der Waals surface area contributed by atoms with Gasteiger partial charge in [0.2, 0.25) is 0 Å². The van der Waals surface area contributed by atoms with Crippen molar-refractivity contribution in [2.75, 3.05) is 19.6 Å². The number of nitrogens with one attached hydrogen (secondary N) is 1. The van der Waals surface area contributed by atoms with Gasteiger partial charge in [0.15, 0.2) is 0 Å². The first-order valence-electron chi connectivity index (χ1n) is 6.99. The molecule has 0 bridgehead atoms. The van der Waals surface area contributed by atoms with Gasteiger partial charge in [0.1, 0.15) is 0 Å². The number of hydrogen-bond acceptors (Lipinski definition) is 2. The summed E-state index contributed by atoms with van der Waals surface area (Å²) in [6.45, 7) is 4.59. The van der Waals surface area contributed by atoms with Gasteiger partial charge in [-0.25, -0.2) is 0 Å². The highest BCUT2D eigenvalue weighted by atomic mass is 35.5. The van der Waals surface area contributed by atoms with Crippen molar-refractivity contribution < 1.29 is 4.79 Å². The summed E-state index contributed by atoms with van der Waals surface area (Å²) in [6, 6.07) is 7.60. The molecule has 1 unspecified atom stereocenters. The largest absolute Gasteiger partial charge is 0.337 e. The topological polar surface area (TPSA) is 32.3 Å². The number of rotatable bonds is 4. The van der Waals surface area contributed by atoms with Crippen LogP contribution in [0.15, 0.2) is 24.3 Å². The van der Waals surface area contributed by atoms with Crippen molar-refractivity contribution in [1.29, 1.82) is 0 Å². The molecule has 1 aliphatic heterocycles. The Hall–Kier alpha value is -1.06. The third-order valence-electron chi connectivity index (χ3n) is 3.59. The van der Waals surface area contributed by atoms with Crippen LogP contribution in [-0.4, -0.2) is 36.5 Å². The number of amides is 1. The Labute approximate surface area is 119 Å². The maximum Gasteiger partial charge on any atom is 0.253 e. The van der Waals surface area contributed by atoms with E-state index in [-0.39, 0.29) is 5.91 Å². The molecule has 1 heterocycles. The van der Waals surface area contributed by atoms with E-state index >= 15 is 0 Å². The van der Waals surface area contributed by atoms with E-state index in [1.165, 1.54) is 12.8 Å². The Morgan fingerprint density at radius 1 is 1.47 bits per heavy atom. The number of benzene rings is 1. The van der Waals surface area contributed by atoms with Gasteiger partial charge in [0.05, 0.1) is 0 Å². The number of hydrogen-bond donors (Lipinski definition) is 1. The van der Waals surface area contributed by atoms with E-state index in [1.807, 2.05) is 24.0 Å². The highest BCUT2D eigenvalue weighted by Gasteiger charge is 2.20. The molecule has 0 aromatic heterocycles. The van der Waals surface area contributed by atoms with Gasteiger partial charge in [-0.15, -0.1) is 0 Å². The van der Waals surface area contributed by atoms with Crippen molar-refractivity contribution in [3.63, 3.8) is 0 Å². The lowest BCUT2D eigenvalue weighted by atomic mass is 10.0. The second-order valence-electron chi connectivity index (χ2n) is 5.00. The summed E-state index contributed by atoms with van der Waals surface area (Å²) >= 11 is 5.95. The molecule has 4 heteroatoms. The van der Waals surface area contributed by atoms with E-state index in [1.54, 1.807) is 12.1 Å². The third-order valence-corrected chi connectivity index (χ3v) is 3.83. The van der Waals surface area contributed by atoms with Crippen LogP contribution >= 0.6 is 11.6 Å². The molecule has 2 rings (SSSR count). The Morgan fingerprint density at radius 3 is 2.95 bits per heavy atom. The fourth-order valence-corrected chi connectivity index (χ4v) is 2.70. The molecule has 1 saturated heterocycles. The van der Waals surface area contributed by atoms with Crippen LogP contribution in [0.2, 0.25) is 5.02 Å². The average Bonchev–Trinajstić information content (AvgIpc) is 2.45. The van der Waals surface area contributed by atoms with E-state index in [0.29, 0.717) is 16.6 Å². The van der Waals surface area contributed by atoms with E-state index in [2.05, 4.69) is 5.32 Å². The summed E-state index contributed by atoms with van der Waals surface area (Å²) in [5.74, 6) is 0.0670. The van der Waals surface area contributed by atoms with Crippen molar-refractivity contribution >= 4 is 17.5 Å². The van der Waals surface area contributed by atoms with Gasteiger partial charge in [-0.1, -0.05) is 24.1 Å². The lowest BCUT2D eigenvalue weighted by Gasteiger charge is -2.30. The Bertz CT molecular complexity index is 430. The summed E-state index contributed by atoms with van der Waals surface area (Å²) in [5.41, 5.74) is 0.671. The Morgan fingerprint density at radius 2 is 2.32 bits per heavy atom. The zero-order chi connectivity index (χ0) is 13.7. The Kier molecular flexibility index (Phi) is 5.23. The first-order valence-corrected chi connectivity index (χ1v) is 7.36. The normalized spacial score (nSPS) is 19.2. The van der Waals surface area contributed by atoms with Crippen molar-refractivity contribution in [1.82, 2.24) is 10.2 Å². The number of carbonyl (C=O) groups is 1. The molecule has 0 radical (unpaired) electrons. The van der Waals surface area contributed by atoms with Crippen LogP contribution in [0.1, 0.15) is 36.5 Å². The van der Waals surface area contributed by atoms with Crippen LogP contribution in [0.4, 0.5) is 0 Å². The van der Waals surface area contributed by atoms with Crippen LogP contribution in [-0.2, 0) is 0 Å². The molecule has 0 spiro atoms. The van der Waals surface area contributed by atoms with Crippen LogP contribution in [0.5, 0.6) is 0 Å². The fraction of sp³-hybridized carbons (Fsp3) is 0.533. The predicted octanol–water partition coefficient (Wildman–Crippen LogP) is 2.94. The van der Waals surface area contributed by atoms with Gasteiger partial charge >= 0.3 is 0 Å². The summed E-state index contributed by atoms with van der Waals surface area (Å²) in [7, 11) is 0. The minimum absolute atomic E-state index is 0.0670. The number of halogens is 1. The maximum atomic E-state index is 12.4. The van der Waals surface area contributed by atoms with Gasteiger partial charge < -0.3 is 10.2 Å². The molecule has 1 N–H and O–H groups in total. The van der Waals surface area contributed by atoms with Crippen LogP contribution in [0.3, 0.4) is 0 Å². The molecule has 1 aromatic rings. The van der Waals surface area contributed by atoms with E-state index in [9.17, 15) is 4.79 Å². The van der Waals surface area contributed by atoms with Crippen molar-refractivity contribution in [2.45, 2.75) is 32.2 Å². The summed E-state index contributed by atoms with van der Waals surface area (Å²) in [5, 5.41) is 4.09. The average molecular weight is 281 g/mol. The first kappa shape index (κ1) is 14.4. The van der Waals surface area contributed by atoms with Crippen molar-refractivity contribution in [3.05, 3.63) is 34.9 Å². The second-order valence-corrected chi connectivity index (χ2v) is 5.44. The molecule has 1 amide bonds. The molecule has 1 atom stereocenters. The molecule has 0 saturated carbocycles. The number of likely N-dealkylation sites (N-methyl/N-ethyl adjacent to an activating group) is 1. The highest BCUT2D eigenvalue weighted by molar-refractivity contribution is 6.30. The molecular weight excluding hydrogens is 260 g/mol. The van der Waals surface area contributed by atoms with Gasteiger partial charge in [-0.2, -0.15) is 0 Å². The minimum atomic E-state index is 0.0670. The summed E-state index contributed by atoms with van der Waals surface area (Å²) in [6.07, 6.45) is 3.64.